The first-order chi connectivity index (χ1) is 17.9. The molecule has 194 valence electrons. The first kappa shape index (κ1) is 25.5. The minimum absolute atomic E-state index is 0.0897. The maximum atomic E-state index is 12.9. The van der Waals surface area contributed by atoms with Gasteiger partial charge in [-0.3, -0.25) is 5.43 Å². The van der Waals surface area contributed by atoms with Crippen LogP contribution in [-0.4, -0.2) is 50.8 Å². The Kier molecular flexibility index (Phi) is 7.61. The SMILES string of the molecule is Cc1ccc(S(=O)(=O)Oc2ccc(Br)cc2C=NNc2cc(N3CCCC3)nc(N3CCCC3)n2)cc1. The fourth-order valence-electron chi connectivity index (χ4n) is 4.38. The number of rotatable bonds is 8. The second kappa shape index (κ2) is 11.1. The van der Waals surface area contributed by atoms with Crippen molar-refractivity contribution >= 4 is 49.8 Å². The van der Waals surface area contributed by atoms with Crippen LogP contribution in [0.15, 0.2) is 63.0 Å². The lowest BCUT2D eigenvalue weighted by molar-refractivity contribution is 0.485. The van der Waals surface area contributed by atoms with Crippen LogP contribution in [0, 0.1) is 6.92 Å². The van der Waals surface area contributed by atoms with E-state index in [1.54, 1.807) is 30.3 Å². The van der Waals surface area contributed by atoms with Crippen LogP contribution in [0.2, 0.25) is 0 Å². The summed E-state index contributed by atoms with van der Waals surface area (Å²) in [7, 11) is -4.00. The lowest BCUT2D eigenvalue weighted by atomic mass is 10.2. The van der Waals surface area contributed by atoms with Gasteiger partial charge < -0.3 is 14.0 Å². The molecule has 3 aromatic rings. The predicted octanol–water partition coefficient (Wildman–Crippen LogP) is 4.96. The van der Waals surface area contributed by atoms with Gasteiger partial charge in [0.05, 0.1) is 6.21 Å². The fraction of sp³-hybridized carbons (Fsp3) is 0.346. The highest BCUT2D eigenvalue weighted by molar-refractivity contribution is 9.10. The molecule has 0 spiro atoms. The average molecular weight is 586 g/mol. The summed E-state index contributed by atoms with van der Waals surface area (Å²) < 4.78 is 32.0. The minimum Gasteiger partial charge on any atom is -0.378 e. The lowest BCUT2D eigenvalue weighted by Gasteiger charge is -2.21. The second-order valence-corrected chi connectivity index (χ2v) is 11.7. The molecule has 3 heterocycles. The molecular formula is C26H29BrN6O3S. The quantitative estimate of drug-likeness (QED) is 0.225. The van der Waals surface area contributed by atoms with Crippen molar-refractivity contribution in [2.24, 2.45) is 5.10 Å². The molecule has 1 aromatic heterocycles. The van der Waals surface area contributed by atoms with E-state index in [1.807, 2.05) is 13.0 Å². The Balaban J connectivity index is 1.38. The Labute approximate surface area is 225 Å². The van der Waals surface area contributed by atoms with Crippen molar-refractivity contribution in [2.75, 3.05) is 41.4 Å². The molecule has 11 heteroatoms. The number of anilines is 3. The number of nitrogens with one attached hydrogen (secondary N) is 1. The molecule has 0 amide bonds. The van der Waals surface area contributed by atoms with E-state index < -0.39 is 10.1 Å². The van der Waals surface area contributed by atoms with Gasteiger partial charge >= 0.3 is 10.1 Å². The molecule has 9 nitrogen and oxygen atoms in total. The van der Waals surface area contributed by atoms with Crippen LogP contribution in [0.25, 0.3) is 0 Å². The van der Waals surface area contributed by atoms with E-state index >= 15 is 0 Å². The Morgan fingerprint density at radius 1 is 0.946 bits per heavy atom. The average Bonchev–Trinajstić information content (AvgIpc) is 3.61. The van der Waals surface area contributed by atoms with Crippen molar-refractivity contribution in [3.05, 3.63) is 64.1 Å². The first-order valence-electron chi connectivity index (χ1n) is 12.4. The Bertz CT molecular complexity index is 1350. The van der Waals surface area contributed by atoms with Gasteiger partial charge in [-0.1, -0.05) is 33.6 Å². The minimum atomic E-state index is -4.00. The first-order valence-corrected chi connectivity index (χ1v) is 14.6. The molecule has 2 aliphatic rings. The van der Waals surface area contributed by atoms with E-state index in [0.717, 1.165) is 67.7 Å². The summed E-state index contributed by atoms with van der Waals surface area (Å²) in [5.74, 6) is 2.35. The third-order valence-electron chi connectivity index (χ3n) is 6.38. The van der Waals surface area contributed by atoms with Gasteiger partial charge in [-0.05, 0) is 62.9 Å². The third kappa shape index (κ3) is 6.22. The van der Waals surface area contributed by atoms with E-state index in [0.29, 0.717) is 17.3 Å². The Morgan fingerprint density at radius 3 is 2.32 bits per heavy atom. The van der Waals surface area contributed by atoms with E-state index in [9.17, 15) is 8.42 Å². The smallest absolute Gasteiger partial charge is 0.339 e. The number of hydrogen-bond acceptors (Lipinski definition) is 9. The highest BCUT2D eigenvalue weighted by Gasteiger charge is 2.21. The zero-order valence-electron chi connectivity index (χ0n) is 20.6. The number of aromatic nitrogens is 2. The molecule has 2 aliphatic heterocycles. The van der Waals surface area contributed by atoms with Crippen molar-refractivity contribution in [1.29, 1.82) is 0 Å². The molecule has 5 rings (SSSR count). The summed E-state index contributed by atoms with van der Waals surface area (Å²) in [5.41, 5.74) is 4.47. The van der Waals surface area contributed by atoms with Crippen molar-refractivity contribution < 1.29 is 12.6 Å². The van der Waals surface area contributed by atoms with E-state index in [1.165, 1.54) is 18.3 Å². The number of aryl methyl sites for hydroxylation is 1. The zero-order valence-corrected chi connectivity index (χ0v) is 23.0. The summed E-state index contributed by atoms with van der Waals surface area (Å²) >= 11 is 3.44. The molecule has 0 unspecified atom stereocenters. The maximum absolute atomic E-state index is 12.9. The fourth-order valence-corrected chi connectivity index (χ4v) is 5.71. The van der Waals surface area contributed by atoms with Crippen LogP contribution in [0.5, 0.6) is 5.75 Å². The van der Waals surface area contributed by atoms with Gasteiger partial charge in [-0.2, -0.15) is 23.5 Å². The monoisotopic (exact) mass is 584 g/mol. The van der Waals surface area contributed by atoms with Gasteiger partial charge in [0.25, 0.3) is 0 Å². The van der Waals surface area contributed by atoms with Crippen molar-refractivity contribution in [3.63, 3.8) is 0 Å². The summed E-state index contributed by atoms with van der Waals surface area (Å²) in [4.78, 5) is 14.1. The summed E-state index contributed by atoms with van der Waals surface area (Å²) in [5, 5.41) is 4.37. The van der Waals surface area contributed by atoms with E-state index in [4.69, 9.17) is 14.2 Å². The summed E-state index contributed by atoms with van der Waals surface area (Å²) in [6.07, 6.45) is 6.10. The lowest BCUT2D eigenvalue weighted by Crippen LogP contribution is -2.24. The van der Waals surface area contributed by atoms with Gasteiger partial charge in [0.2, 0.25) is 5.95 Å². The number of nitrogens with zero attached hydrogens (tertiary/aromatic N) is 5. The van der Waals surface area contributed by atoms with Gasteiger partial charge in [0.1, 0.15) is 10.7 Å². The van der Waals surface area contributed by atoms with Gasteiger partial charge in [-0.25, -0.2) is 0 Å². The molecule has 0 saturated carbocycles. The van der Waals surface area contributed by atoms with Gasteiger partial charge in [0.15, 0.2) is 11.6 Å². The molecule has 2 saturated heterocycles. The molecule has 0 aliphatic carbocycles. The van der Waals surface area contributed by atoms with Crippen LogP contribution in [-0.2, 0) is 10.1 Å². The van der Waals surface area contributed by atoms with Gasteiger partial charge in [-0.15, -0.1) is 0 Å². The molecular weight excluding hydrogens is 556 g/mol. The highest BCUT2D eigenvalue weighted by atomic mass is 79.9. The number of benzene rings is 2. The molecule has 0 bridgehead atoms. The van der Waals surface area contributed by atoms with Crippen molar-refractivity contribution in [3.8, 4) is 5.75 Å². The maximum Gasteiger partial charge on any atom is 0.339 e. The largest absolute Gasteiger partial charge is 0.378 e. The second-order valence-electron chi connectivity index (χ2n) is 9.20. The molecule has 2 fully saturated rings. The summed E-state index contributed by atoms with van der Waals surface area (Å²) in [6, 6.07) is 13.5. The standard InChI is InChI=1S/C26H29BrN6O3S/c1-19-6-9-22(10-7-19)37(34,35)36-23-11-8-21(27)16-20(23)18-28-31-24-17-25(32-12-2-3-13-32)30-26(29-24)33-14-4-5-15-33/h6-11,16-18H,2-5,12-15H2,1H3,(H,29,30,31). The normalized spacial score (nSPS) is 16.1. The molecule has 37 heavy (non-hydrogen) atoms. The number of hydrogen-bond donors (Lipinski definition) is 1. The molecule has 0 atom stereocenters. The summed E-state index contributed by atoms with van der Waals surface area (Å²) in [6.45, 7) is 5.74. The van der Waals surface area contributed by atoms with Crippen molar-refractivity contribution in [2.45, 2.75) is 37.5 Å². The molecule has 0 radical (unpaired) electrons. The number of halogens is 1. The van der Waals surface area contributed by atoms with Crippen LogP contribution < -0.4 is 19.4 Å². The van der Waals surface area contributed by atoms with Crippen LogP contribution >= 0.6 is 15.9 Å². The Morgan fingerprint density at radius 2 is 1.62 bits per heavy atom. The van der Waals surface area contributed by atoms with Gasteiger partial charge in [0, 0.05) is 42.3 Å². The van der Waals surface area contributed by atoms with E-state index in [-0.39, 0.29) is 10.6 Å². The van der Waals surface area contributed by atoms with E-state index in [2.05, 4.69) is 36.3 Å². The molecule has 1 N–H and O–H groups in total. The van der Waals surface area contributed by atoms with Crippen molar-refractivity contribution in [1.82, 2.24) is 9.97 Å². The van der Waals surface area contributed by atoms with Crippen LogP contribution in [0.3, 0.4) is 0 Å². The van der Waals surface area contributed by atoms with Crippen LogP contribution in [0.1, 0.15) is 36.8 Å². The molecule has 2 aromatic carbocycles. The number of hydrazone groups is 1. The zero-order chi connectivity index (χ0) is 25.8. The third-order valence-corrected chi connectivity index (χ3v) is 8.13. The topological polar surface area (TPSA) is 100 Å². The van der Waals surface area contributed by atoms with Crippen LogP contribution in [0.4, 0.5) is 17.6 Å². The predicted molar refractivity (Wildman–Crippen MR) is 149 cm³/mol. The highest BCUT2D eigenvalue weighted by Crippen LogP contribution is 2.27. The Hall–Kier alpha value is -3.18.